The maximum atomic E-state index is 9.30. The fourth-order valence-electron chi connectivity index (χ4n) is 3.87. The lowest BCUT2D eigenvalue weighted by Crippen LogP contribution is -2.18. The monoisotopic (exact) mass is 478 g/mol. The number of hydrogen-bond donors (Lipinski definition) is 3. The maximum Gasteiger partial charge on any atom is 0.115 e. The van der Waals surface area contributed by atoms with Gasteiger partial charge in [0.15, 0.2) is 0 Å². The van der Waals surface area contributed by atoms with Gasteiger partial charge in [-0.1, -0.05) is 95.7 Å². The number of carbonyl (C=O) groups excluding carboxylic acids is 1. The van der Waals surface area contributed by atoms with E-state index in [0.717, 1.165) is 17.5 Å². The zero-order valence-corrected chi connectivity index (χ0v) is 21.5. The molecule has 0 heterocycles. The van der Waals surface area contributed by atoms with Crippen molar-refractivity contribution >= 4 is 6.79 Å². The van der Waals surface area contributed by atoms with Crippen LogP contribution in [0.1, 0.15) is 82.4 Å². The summed E-state index contributed by atoms with van der Waals surface area (Å²) >= 11 is 0. The molecule has 0 aliphatic rings. The van der Waals surface area contributed by atoms with E-state index >= 15 is 0 Å². The van der Waals surface area contributed by atoms with E-state index < -0.39 is 0 Å². The van der Waals surface area contributed by atoms with Crippen molar-refractivity contribution in [1.29, 1.82) is 0 Å². The number of carbonyl (C=O) groups is 1. The van der Waals surface area contributed by atoms with Crippen molar-refractivity contribution in [2.24, 2.45) is 0 Å². The molecule has 0 aromatic heterocycles. The van der Waals surface area contributed by atoms with Gasteiger partial charge in [-0.05, 0) is 65.9 Å². The second kappa shape index (κ2) is 16.4. The van der Waals surface area contributed by atoms with Crippen molar-refractivity contribution in [1.82, 2.24) is 0 Å². The topological polar surface area (TPSA) is 77.8 Å². The summed E-state index contributed by atoms with van der Waals surface area (Å²) < 4.78 is 0. The molecule has 3 rings (SSSR count). The van der Waals surface area contributed by atoms with E-state index in [-0.39, 0.29) is 16.9 Å². The third-order valence-corrected chi connectivity index (χ3v) is 6.18. The molecule has 0 saturated heterocycles. The van der Waals surface area contributed by atoms with Crippen LogP contribution in [-0.4, -0.2) is 22.1 Å². The van der Waals surface area contributed by atoms with Crippen molar-refractivity contribution in [3.63, 3.8) is 0 Å². The molecule has 0 bridgehead atoms. The lowest BCUT2D eigenvalue weighted by molar-refractivity contribution is -0.0980. The molecule has 35 heavy (non-hydrogen) atoms. The molecular formula is C31H42O4. The lowest BCUT2D eigenvalue weighted by atomic mass is 9.78. The Hall–Kier alpha value is -3.27. The van der Waals surface area contributed by atoms with Crippen molar-refractivity contribution < 1.29 is 20.1 Å². The van der Waals surface area contributed by atoms with Gasteiger partial charge in [-0.15, -0.1) is 0 Å². The third-order valence-electron chi connectivity index (χ3n) is 6.18. The average Bonchev–Trinajstić information content (AvgIpc) is 2.87. The zero-order chi connectivity index (χ0) is 26.1. The fourth-order valence-corrected chi connectivity index (χ4v) is 3.87. The molecular weight excluding hydrogens is 436 g/mol. The summed E-state index contributed by atoms with van der Waals surface area (Å²) in [6.07, 6.45) is 10.6. The number of phenols is 3. The van der Waals surface area contributed by atoms with Crippen molar-refractivity contribution in [2.45, 2.75) is 77.6 Å². The van der Waals surface area contributed by atoms with Gasteiger partial charge in [0.2, 0.25) is 0 Å². The molecule has 0 amide bonds. The van der Waals surface area contributed by atoms with Crippen LogP contribution in [0.3, 0.4) is 0 Å². The van der Waals surface area contributed by atoms with Crippen molar-refractivity contribution in [2.75, 3.05) is 0 Å². The Morgan fingerprint density at radius 3 is 1.31 bits per heavy atom. The standard InChI is InChI=1S/C15H16O2.C15H24O.CH2O/c1-15(2,11-3-7-13(16)8-4-11)12-5-9-14(17)10-6-12;1-2-3-4-5-6-7-8-9-14-10-12-15(16)13-11-14;1-2/h3-10,16-17H,1-2H3;10-13,16H,2-9H2,1H3;1H2. The van der Waals surface area contributed by atoms with Gasteiger partial charge in [0.05, 0.1) is 0 Å². The van der Waals surface area contributed by atoms with Crippen LogP contribution in [0.2, 0.25) is 0 Å². The van der Waals surface area contributed by atoms with Gasteiger partial charge in [-0.2, -0.15) is 0 Å². The number of aromatic hydroxyl groups is 3. The van der Waals surface area contributed by atoms with E-state index in [1.165, 1.54) is 50.5 Å². The molecule has 0 atom stereocenters. The van der Waals surface area contributed by atoms with Crippen molar-refractivity contribution in [3.05, 3.63) is 89.5 Å². The van der Waals surface area contributed by atoms with E-state index in [1.54, 1.807) is 36.4 Å². The molecule has 0 radical (unpaired) electrons. The first-order valence-corrected chi connectivity index (χ1v) is 12.5. The largest absolute Gasteiger partial charge is 0.508 e. The van der Waals surface area contributed by atoms with Crippen LogP contribution in [0.5, 0.6) is 17.2 Å². The summed E-state index contributed by atoms with van der Waals surface area (Å²) in [5, 5.41) is 27.7. The van der Waals surface area contributed by atoms with Gasteiger partial charge < -0.3 is 20.1 Å². The Balaban J connectivity index is 0.000000328. The van der Waals surface area contributed by atoms with E-state index in [9.17, 15) is 10.2 Å². The highest BCUT2D eigenvalue weighted by Crippen LogP contribution is 2.32. The molecule has 0 aliphatic heterocycles. The molecule has 0 saturated carbocycles. The summed E-state index contributed by atoms with van der Waals surface area (Å²) in [7, 11) is 0. The molecule has 190 valence electrons. The SMILES string of the molecule is C=O.CC(C)(c1ccc(O)cc1)c1ccc(O)cc1.CCCCCCCCCc1ccc(O)cc1. The number of aryl methyl sites for hydroxylation is 1. The molecule has 0 fully saturated rings. The highest BCUT2D eigenvalue weighted by atomic mass is 16.3. The van der Waals surface area contributed by atoms with Crippen LogP contribution >= 0.6 is 0 Å². The summed E-state index contributed by atoms with van der Waals surface area (Å²) in [6.45, 7) is 8.49. The molecule has 4 heteroatoms. The molecule has 3 aromatic rings. The van der Waals surface area contributed by atoms with Crippen LogP contribution in [0.15, 0.2) is 72.8 Å². The smallest absolute Gasteiger partial charge is 0.115 e. The predicted molar refractivity (Wildman–Crippen MR) is 145 cm³/mol. The number of rotatable bonds is 10. The van der Waals surface area contributed by atoms with Crippen LogP contribution in [0.4, 0.5) is 0 Å². The van der Waals surface area contributed by atoms with Crippen LogP contribution in [0.25, 0.3) is 0 Å². The first kappa shape index (κ1) is 29.8. The summed E-state index contributed by atoms with van der Waals surface area (Å²) in [5.74, 6) is 0.911. The second-order valence-corrected chi connectivity index (χ2v) is 9.26. The van der Waals surface area contributed by atoms with Gasteiger partial charge in [0.25, 0.3) is 0 Å². The second-order valence-electron chi connectivity index (χ2n) is 9.26. The minimum atomic E-state index is -0.151. The molecule has 3 aromatic carbocycles. The Morgan fingerprint density at radius 1 is 0.571 bits per heavy atom. The van der Waals surface area contributed by atoms with Gasteiger partial charge >= 0.3 is 0 Å². The normalized spacial score (nSPS) is 10.5. The number of hydrogen-bond acceptors (Lipinski definition) is 4. The van der Waals surface area contributed by atoms with Gasteiger partial charge in [-0.3, -0.25) is 0 Å². The Labute approximate surface area is 211 Å². The summed E-state index contributed by atoms with van der Waals surface area (Å²) in [6, 6.07) is 22.0. The maximum absolute atomic E-state index is 9.30. The van der Waals surface area contributed by atoms with E-state index in [0.29, 0.717) is 5.75 Å². The summed E-state index contributed by atoms with van der Waals surface area (Å²) in [5.41, 5.74) is 3.44. The Morgan fingerprint density at radius 2 is 0.914 bits per heavy atom. The molecule has 0 aliphatic carbocycles. The third kappa shape index (κ3) is 11.1. The first-order valence-electron chi connectivity index (χ1n) is 12.5. The Kier molecular flexibility index (Phi) is 13.9. The van der Waals surface area contributed by atoms with E-state index in [1.807, 2.05) is 43.2 Å². The van der Waals surface area contributed by atoms with E-state index in [2.05, 4.69) is 20.8 Å². The first-order chi connectivity index (χ1) is 16.8. The van der Waals surface area contributed by atoms with Crippen LogP contribution in [0, 0.1) is 0 Å². The quantitative estimate of drug-likeness (QED) is 0.259. The number of phenolic OH excluding ortho intramolecular Hbond substituents is 3. The highest BCUT2D eigenvalue weighted by molar-refractivity contribution is 5.41. The summed E-state index contributed by atoms with van der Waals surface area (Å²) in [4.78, 5) is 8.00. The minimum Gasteiger partial charge on any atom is -0.508 e. The van der Waals surface area contributed by atoms with Crippen LogP contribution in [-0.2, 0) is 16.6 Å². The molecule has 0 spiro atoms. The highest BCUT2D eigenvalue weighted by Gasteiger charge is 2.22. The lowest BCUT2D eigenvalue weighted by Gasteiger charge is -2.26. The van der Waals surface area contributed by atoms with Crippen molar-refractivity contribution in [3.8, 4) is 17.2 Å². The molecule has 3 N–H and O–H groups in total. The fraction of sp³-hybridized carbons (Fsp3) is 0.387. The average molecular weight is 479 g/mol. The van der Waals surface area contributed by atoms with Gasteiger partial charge in [0.1, 0.15) is 24.0 Å². The molecule has 4 nitrogen and oxygen atoms in total. The number of unbranched alkanes of at least 4 members (excludes halogenated alkanes) is 6. The minimum absolute atomic E-state index is 0.151. The predicted octanol–water partition coefficient (Wildman–Crippen LogP) is 7.92. The number of benzene rings is 3. The zero-order valence-electron chi connectivity index (χ0n) is 21.5. The Bertz CT molecular complexity index is 882. The van der Waals surface area contributed by atoms with Gasteiger partial charge in [0, 0.05) is 5.41 Å². The van der Waals surface area contributed by atoms with Gasteiger partial charge in [-0.25, -0.2) is 0 Å². The van der Waals surface area contributed by atoms with E-state index in [4.69, 9.17) is 9.90 Å². The van der Waals surface area contributed by atoms with Crippen LogP contribution < -0.4 is 0 Å². The molecule has 0 unspecified atom stereocenters.